The van der Waals surface area contributed by atoms with Crippen LogP contribution in [0, 0.1) is 0 Å². The van der Waals surface area contributed by atoms with Crippen molar-refractivity contribution in [1.82, 2.24) is 15.3 Å². The number of benzene rings is 1. The number of carbonyl (C=O) groups excluding carboxylic acids is 1. The second-order valence-corrected chi connectivity index (χ2v) is 8.83. The third kappa shape index (κ3) is 5.01. The lowest BCUT2D eigenvalue weighted by atomic mass is 10.0. The molecule has 2 N–H and O–H groups in total. The van der Waals surface area contributed by atoms with Crippen molar-refractivity contribution in [2.45, 2.75) is 34.1 Å². The molecule has 3 aromatic rings. The van der Waals surface area contributed by atoms with Crippen LogP contribution in [0.4, 0.5) is 9.93 Å². The van der Waals surface area contributed by atoms with E-state index in [9.17, 15) is 4.79 Å². The van der Waals surface area contributed by atoms with Crippen LogP contribution >= 0.6 is 22.7 Å². The molecule has 0 spiro atoms. The number of aromatic nitrogens is 2. The lowest BCUT2D eigenvalue weighted by Gasteiger charge is -2.06. The van der Waals surface area contributed by atoms with E-state index in [2.05, 4.69) is 45.2 Å². The van der Waals surface area contributed by atoms with Gasteiger partial charge in [0.05, 0.1) is 20.1 Å². The summed E-state index contributed by atoms with van der Waals surface area (Å²) in [6.07, 6.45) is 6.41. The number of amides is 2. The van der Waals surface area contributed by atoms with Gasteiger partial charge < -0.3 is 5.32 Å². The van der Waals surface area contributed by atoms with Crippen molar-refractivity contribution in [3.05, 3.63) is 47.8 Å². The number of rotatable bonds is 7. The molecule has 0 aliphatic carbocycles. The molecule has 0 fully saturated rings. The molecule has 0 saturated heterocycles. The molecule has 3 rings (SSSR count). The smallest absolute Gasteiger partial charge is 0.321 e. The lowest BCUT2D eigenvalue weighted by molar-refractivity contribution is 0.252. The van der Waals surface area contributed by atoms with Crippen LogP contribution < -0.4 is 10.6 Å². The van der Waals surface area contributed by atoms with E-state index in [4.69, 9.17) is 0 Å². The molecule has 6 nitrogen and oxygen atoms in total. The highest BCUT2D eigenvalue weighted by Crippen LogP contribution is 2.39. The molecule has 0 aliphatic heterocycles. The number of carbonyl (C=O) groups is 1. The van der Waals surface area contributed by atoms with E-state index in [-0.39, 0.29) is 6.03 Å². The zero-order valence-electron chi connectivity index (χ0n) is 17.6. The number of nitrogens with one attached hydrogen (secondary N) is 2. The summed E-state index contributed by atoms with van der Waals surface area (Å²) in [6, 6.07) is 3.87. The molecule has 0 atom stereocenters. The van der Waals surface area contributed by atoms with Crippen LogP contribution in [0.1, 0.15) is 38.3 Å². The molecule has 0 unspecified atom stereocenters. The maximum Gasteiger partial charge on any atom is 0.321 e. The number of thiazole rings is 2. The Morgan fingerprint density at radius 1 is 1.27 bits per heavy atom. The van der Waals surface area contributed by atoms with Gasteiger partial charge in [0.1, 0.15) is 0 Å². The Morgan fingerprint density at radius 3 is 2.70 bits per heavy atom. The van der Waals surface area contributed by atoms with Crippen molar-refractivity contribution < 1.29 is 4.79 Å². The number of aryl methyl sites for hydroxylation is 1. The Morgan fingerprint density at radius 2 is 2.07 bits per heavy atom. The molecule has 0 bridgehead atoms. The number of urea groups is 1. The van der Waals surface area contributed by atoms with E-state index in [1.54, 1.807) is 17.4 Å². The number of hydrogen-bond acceptors (Lipinski definition) is 6. The summed E-state index contributed by atoms with van der Waals surface area (Å²) in [5.41, 5.74) is 4.71. The maximum absolute atomic E-state index is 12.0. The number of nitrogens with zero attached hydrogens (tertiary/aromatic N) is 3. The van der Waals surface area contributed by atoms with E-state index in [1.165, 1.54) is 11.3 Å². The second kappa shape index (κ2) is 9.77. The van der Waals surface area contributed by atoms with Crippen LogP contribution in [0.5, 0.6) is 0 Å². The normalized spacial score (nSPS) is 11.4. The molecule has 0 radical (unpaired) electrons. The van der Waals surface area contributed by atoms with Crippen molar-refractivity contribution in [2.75, 3.05) is 11.9 Å². The molecule has 1 aromatic carbocycles. The van der Waals surface area contributed by atoms with Gasteiger partial charge in [-0.2, -0.15) is 0 Å². The molecule has 2 heterocycles. The molecule has 0 aliphatic rings. The minimum atomic E-state index is -0.260. The zero-order valence-corrected chi connectivity index (χ0v) is 19.2. The van der Waals surface area contributed by atoms with E-state index in [1.807, 2.05) is 39.2 Å². The van der Waals surface area contributed by atoms with E-state index >= 15 is 0 Å². The van der Waals surface area contributed by atoms with Gasteiger partial charge in [-0.25, -0.2) is 14.8 Å². The van der Waals surface area contributed by atoms with Crippen LogP contribution in [0.15, 0.2) is 42.2 Å². The van der Waals surface area contributed by atoms with Crippen LogP contribution in [0.3, 0.4) is 0 Å². The summed E-state index contributed by atoms with van der Waals surface area (Å²) in [6.45, 7) is 12.4. The Bertz CT molecular complexity index is 1140. The average Bonchev–Trinajstić information content (AvgIpc) is 3.34. The summed E-state index contributed by atoms with van der Waals surface area (Å²) < 4.78 is 1.01. The van der Waals surface area contributed by atoms with Crippen molar-refractivity contribution >= 4 is 55.3 Å². The number of hydrogen-bond donors (Lipinski definition) is 2. The molecule has 2 amide bonds. The third-order valence-electron chi connectivity index (χ3n) is 4.18. The predicted molar refractivity (Wildman–Crippen MR) is 130 cm³/mol. The maximum atomic E-state index is 12.0. The van der Waals surface area contributed by atoms with Gasteiger partial charge in [0.25, 0.3) is 0 Å². The topological polar surface area (TPSA) is 79.3 Å². The van der Waals surface area contributed by atoms with Crippen LogP contribution in [0.2, 0.25) is 0 Å². The second-order valence-electron chi connectivity index (χ2n) is 6.71. The summed E-state index contributed by atoms with van der Waals surface area (Å²) in [5, 5.41) is 7.19. The van der Waals surface area contributed by atoms with Gasteiger partial charge >= 0.3 is 6.03 Å². The summed E-state index contributed by atoms with van der Waals surface area (Å²) in [4.78, 5) is 26.6. The van der Waals surface area contributed by atoms with E-state index in [0.717, 1.165) is 48.9 Å². The average molecular weight is 440 g/mol. The first-order chi connectivity index (χ1) is 14.4. The lowest BCUT2D eigenvalue weighted by Crippen LogP contribution is -2.28. The molecule has 8 heteroatoms. The number of allylic oxidation sites excluding steroid dienone is 2. The van der Waals surface area contributed by atoms with Crippen molar-refractivity contribution in [3.8, 4) is 10.4 Å². The fourth-order valence-electron chi connectivity index (χ4n) is 2.78. The molecule has 30 heavy (non-hydrogen) atoms. The number of anilines is 1. The predicted octanol–water partition coefficient (Wildman–Crippen LogP) is 6.13. The van der Waals surface area contributed by atoms with Crippen molar-refractivity contribution in [1.29, 1.82) is 0 Å². The zero-order chi connectivity index (χ0) is 21.7. The van der Waals surface area contributed by atoms with Crippen LogP contribution in [-0.4, -0.2) is 28.3 Å². The molecular formula is C22H25N5OS2. The molecule has 0 saturated carbocycles. The highest BCUT2D eigenvalue weighted by atomic mass is 32.1. The summed E-state index contributed by atoms with van der Waals surface area (Å²) in [5.74, 6) is 0. The minimum absolute atomic E-state index is 0.260. The minimum Gasteiger partial charge on any atom is -0.338 e. The standard InChI is InChI=1S/C22H25N5OS2/c1-6-14(11-24-13(4)5)15-9-16(18-12-25-19(7-2)29-18)20-17(10-15)26-22(30-20)27-21(28)23-8-3/h6,9-12H,1,7-8H2,2-5H3,(H2,23,26,27,28)/b14-11+. The van der Waals surface area contributed by atoms with Gasteiger partial charge in [-0.05, 0) is 50.5 Å². The molecule has 2 aromatic heterocycles. The Kier molecular flexibility index (Phi) is 7.12. The highest BCUT2D eigenvalue weighted by molar-refractivity contribution is 7.23. The highest BCUT2D eigenvalue weighted by Gasteiger charge is 2.16. The quantitative estimate of drug-likeness (QED) is 0.343. The number of aliphatic imine (C=N–C) groups is 1. The van der Waals surface area contributed by atoms with Gasteiger partial charge in [0.15, 0.2) is 5.13 Å². The van der Waals surface area contributed by atoms with E-state index < -0.39 is 0 Å². The number of fused-ring (bicyclic) bond motifs is 1. The summed E-state index contributed by atoms with van der Waals surface area (Å²) in [7, 11) is 0. The first-order valence-electron chi connectivity index (χ1n) is 9.73. The van der Waals surface area contributed by atoms with Gasteiger partial charge in [-0.1, -0.05) is 30.9 Å². The van der Waals surface area contributed by atoms with Gasteiger partial charge in [0.2, 0.25) is 0 Å². The fraction of sp³-hybridized carbons (Fsp3) is 0.273. The largest absolute Gasteiger partial charge is 0.338 e. The van der Waals surface area contributed by atoms with Crippen molar-refractivity contribution in [2.24, 2.45) is 4.99 Å². The monoisotopic (exact) mass is 439 g/mol. The molecule has 156 valence electrons. The first-order valence-corrected chi connectivity index (χ1v) is 11.4. The SMILES string of the molecule is C=C/C(=C\N=C(C)C)c1cc(-c2cnc(CC)s2)c2sc(NC(=O)NCC)nc2c1. The molecular weight excluding hydrogens is 414 g/mol. The Balaban J connectivity index is 2.17. The fourth-order valence-corrected chi connectivity index (χ4v) is 4.69. The van der Waals surface area contributed by atoms with Crippen LogP contribution in [0.25, 0.3) is 26.2 Å². The Labute approximate surface area is 184 Å². The Hall–Kier alpha value is -2.84. The first kappa shape index (κ1) is 21.9. The van der Waals surface area contributed by atoms with Gasteiger partial charge in [-0.15, -0.1) is 11.3 Å². The van der Waals surface area contributed by atoms with Gasteiger partial charge in [-0.3, -0.25) is 10.3 Å². The van der Waals surface area contributed by atoms with Crippen molar-refractivity contribution in [3.63, 3.8) is 0 Å². The van der Waals surface area contributed by atoms with E-state index in [0.29, 0.717) is 11.7 Å². The van der Waals surface area contributed by atoms with Crippen LogP contribution in [-0.2, 0) is 6.42 Å². The summed E-state index contributed by atoms with van der Waals surface area (Å²) >= 11 is 3.13. The third-order valence-corrected chi connectivity index (χ3v) is 6.38. The van der Waals surface area contributed by atoms with Gasteiger partial charge in [0, 0.05) is 30.2 Å².